The maximum absolute atomic E-state index is 12.8. The molecule has 0 aromatic heterocycles. The van der Waals surface area contributed by atoms with E-state index in [1.54, 1.807) is 0 Å². The molecule has 3 heteroatoms. The van der Waals surface area contributed by atoms with Crippen LogP contribution in [0.1, 0.15) is 66.7 Å². The first-order valence-corrected chi connectivity index (χ1v) is 8.51. The van der Waals surface area contributed by atoms with Gasteiger partial charge in [-0.2, -0.15) is 0 Å². The Morgan fingerprint density at radius 3 is 2.40 bits per heavy atom. The summed E-state index contributed by atoms with van der Waals surface area (Å²) in [6.45, 7) is 12.2. The summed E-state index contributed by atoms with van der Waals surface area (Å²) in [5, 5.41) is 3.61. The number of carbonyl (C=O) groups is 1. The lowest BCUT2D eigenvalue weighted by atomic mass is 9.91. The van der Waals surface area contributed by atoms with Crippen LogP contribution >= 0.6 is 0 Å². The summed E-state index contributed by atoms with van der Waals surface area (Å²) in [6.07, 6.45) is 6.12. The van der Waals surface area contributed by atoms with Gasteiger partial charge in [0.25, 0.3) is 0 Å². The zero-order valence-electron chi connectivity index (χ0n) is 13.9. The second-order valence-corrected chi connectivity index (χ2v) is 7.32. The van der Waals surface area contributed by atoms with Crippen molar-refractivity contribution in [2.75, 3.05) is 6.54 Å². The maximum atomic E-state index is 12.8. The summed E-state index contributed by atoms with van der Waals surface area (Å²) < 4.78 is 0. The summed E-state index contributed by atoms with van der Waals surface area (Å²) in [5.74, 6) is 1.46. The van der Waals surface area contributed by atoms with Gasteiger partial charge in [0.1, 0.15) is 0 Å². The molecule has 0 aromatic rings. The first kappa shape index (κ1) is 15.8. The second kappa shape index (κ2) is 6.05. The third-order valence-electron chi connectivity index (χ3n) is 5.67. The molecule has 1 saturated carbocycles. The summed E-state index contributed by atoms with van der Waals surface area (Å²) in [5.41, 5.74) is 0.410. The number of amides is 1. The fraction of sp³-hybridized carbons (Fsp3) is 0.941. The van der Waals surface area contributed by atoms with E-state index in [0.29, 0.717) is 23.2 Å². The summed E-state index contributed by atoms with van der Waals surface area (Å²) in [7, 11) is 0. The maximum Gasteiger partial charge on any atom is 0.241 e. The van der Waals surface area contributed by atoms with Gasteiger partial charge in [0.15, 0.2) is 0 Å². The number of nitrogens with zero attached hydrogens (tertiary/aromatic N) is 1. The van der Waals surface area contributed by atoms with Crippen molar-refractivity contribution in [3.05, 3.63) is 0 Å². The summed E-state index contributed by atoms with van der Waals surface area (Å²) >= 11 is 0. The van der Waals surface area contributed by atoms with Crippen molar-refractivity contribution in [3.8, 4) is 0 Å². The Kier molecular flexibility index (Phi) is 4.78. The highest BCUT2D eigenvalue weighted by Crippen LogP contribution is 2.53. The van der Waals surface area contributed by atoms with Gasteiger partial charge in [-0.15, -0.1) is 0 Å². The van der Waals surface area contributed by atoms with E-state index < -0.39 is 0 Å². The van der Waals surface area contributed by atoms with Crippen LogP contribution in [-0.4, -0.2) is 29.6 Å². The molecule has 0 aromatic carbocycles. The Balaban J connectivity index is 2.09. The molecule has 0 radical (unpaired) electrons. The van der Waals surface area contributed by atoms with Crippen LogP contribution in [-0.2, 0) is 4.79 Å². The third-order valence-corrected chi connectivity index (χ3v) is 5.67. The number of carbonyl (C=O) groups excluding carboxylic acids is 1. The molecule has 116 valence electrons. The fourth-order valence-corrected chi connectivity index (χ4v) is 3.46. The molecule has 2 rings (SSSR count). The lowest BCUT2D eigenvalue weighted by Crippen LogP contribution is -2.42. The predicted octanol–water partition coefficient (Wildman–Crippen LogP) is 3.40. The van der Waals surface area contributed by atoms with Gasteiger partial charge in [0.2, 0.25) is 5.91 Å². The highest BCUT2D eigenvalue weighted by atomic mass is 16.2. The van der Waals surface area contributed by atoms with Crippen LogP contribution in [0.3, 0.4) is 0 Å². The quantitative estimate of drug-likeness (QED) is 0.775. The van der Waals surface area contributed by atoms with Gasteiger partial charge in [-0.1, -0.05) is 47.5 Å². The van der Waals surface area contributed by atoms with Crippen LogP contribution in [0.15, 0.2) is 0 Å². The molecular formula is C17H32N2O. The highest BCUT2D eigenvalue weighted by molar-refractivity contribution is 5.84. The largest absolute Gasteiger partial charge is 0.325 e. The highest BCUT2D eigenvalue weighted by Gasteiger charge is 2.51. The lowest BCUT2D eigenvalue weighted by Gasteiger charge is -2.30. The topological polar surface area (TPSA) is 32.3 Å². The number of hydrogen-bond donors (Lipinski definition) is 1. The average Bonchev–Trinajstić information content (AvgIpc) is 3.14. The van der Waals surface area contributed by atoms with Gasteiger partial charge < -0.3 is 4.90 Å². The average molecular weight is 280 g/mol. The third kappa shape index (κ3) is 2.88. The molecule has 3 nitrogen and oxygen atoms in total. The molecule has 2 fully saturated rings. The lowest BCUT2D eigenvalue weighted by molar-refractivity contribution is -0.132. The Bertz CT molecular complexity index is 349. The van der Waals surface area contributed by atoms with Gasteiger partial charge in [0, 0.05) is 6.54 Å². The van der Waals surface area contributed by atoms with Crippen molar-refractivity contribution in [1.82, 2.24) is 10.2 Å². The zero-order chi connectivity index (χ0) is 14.9. The molecule has 3 atom stereocenters. The van der Waals surface area contributed by atoms with Crippen molar-refractivity contribution in [2.24, 2.45) is 17.3 Å². The van der Waals surface area contributed by atoms with E-state index in [9.17, 15) is 4.79 Å². The first-order chi connectivity index (χ1) is 9.45. The van der Waals surface area contributed by atoms with E-state index in [2.05, 4.69) is 44.8 Å². The van der Waals surface area contributed by atoms with Gasteiger partial charge >= 0.3 is 0 Å². The smallest absolute Gasteiger partial charge is 0.241 e. The molecule has 1 amide bonds. The number of hydrogen-bond acceptors (Lipinski definition) is 2. The van der Waals surface area contributed by atoms with Crippen LogP contribution in [0.25, 0.3) is 0 Å². The molecule has 1 N–H and O–H groups in total. The summed E-state index contributed by atoms with van der Waals surface area (Å²) in [6, 6.07) is 0.0412. The molecule has 1 aliphatic carbocycles. The van der Waals surface area contributed by atoms with E-state index in [4.69, 9.17) is 0 Å². The summed E-state index contributed by atoms with van der Waals surface area (Å²) in [4.78, 5) is 15.0. The molecule has 0 spiro atoms. The minimum atomic E-state index is 0.0412. The van der Waals surface area contributed by atoms with Crippen molar-refractivity contribution >= 4 is 5.91 Å². The van der Waals surface area contributed by atoms with Gasteiger partial charge in [-0.3, -0.25) is 10.1 Å². The zero-order valence-corrected chi connectivity index (χ0v) is 13.9. The van der Waals surface area contributed by atoms with Crippen molar-refractivity contribution in [3.63, 3.8) is 0 Å². The normalized spacial score (nSPS) is 30.1. The van der Waals surface area contributed by atoms with Crippen LogP contribution < -0.4 is 5.32 Å². The van der Waals surface area contributed by atoms with Crippen molar-refractivity contribution in [1.29, 1.82) is 0 Å². The molecule has 1 heterocycles. The van der Waals surface area contributed by atoms with Crippen LogP contribution in [0, 0.1) is 17.3 Å². The first-order valence-electron chi connectivity index (χ1n) is 8.51. The standard InChI is InChI=1S/C17H32N2O/c1-6-8-14-18-15(13(5)7-2)16(20)19(14)11-17(9-10-17)12(3)4/h12-15,18H,6-11H2,1-5H3. The Morgan fingerprint density at radius 2 is 1.95 bits per heavy atom. The van der Waals surface area contributed by atoms with Gasteiger partial charge in [-0.05, 0) is 36.5 Å². The Labute approximate surface area is 124 Å². The number of nitrogens with one attached hydrogen (secondary N) is 1. The molecule has 3 unspecified atom stereocenters. The van der Waals surface area contributed by atoms with E-state index in [-0.39, 0.29) is 12.2 Å². The second-order valence-electron chi connectivity index (χ2n) is 7.32. The van der Waals surface area contributed by atoms with E-state index in [0.717, 1.165) is 25.8 Å². The molecule has 20 heavy (non-hydrogen) atoms. The van der Waals surface area contributed by atoms with Crippen molar-refractivity contribution in [2.45, 2.75) is 78.9 Å². The van der Waals surface area contributed by atoms with Crippen molar-refractivity contribution < 1.29 is 4.79 Å². The SMILES string of the molecule is CCCC1NC(C(C)CC)C(=O)N1CC1(C(C)C)CC1. The fourth-order valence-electron chi connectivity index (χ4n) is 3.46. The molecule has 2 aliphatic rings. The van der Waals surface area contributed by atoms with Crippen LogP contribution in [0.4, 0.5) is 0 Å². The minimum Gasteiger partial charge on any atom is -0.325 e. The van der Waals surface area contributed by atoms with E-state index >= 15 is 0 Å². The van der Waals surface area contributed by atoms with Gasteiger partial charge in [0.05, 0.1) is 12.2 Å². The van der Waals surface area contributed by atoms with E-state index in [1.807, 2.05) is 0 Å². The predicted molar refractivity (Wildman–Crippen MR) is 83.3 cm³/mol. The van der Waals surface area contributed by atoms with E-state index in [1.165, 1.54) is 12.8 Å². The Hall–Kier alpha value is -0.570. The molecule has 0 bridgehead atoms. The van der Waals surface area contributed by atoms with Crippen LogP contribution in [0.2, 0.25) is 0 Å². The molecule has 1 aliphatic heterocycles. The monoisotopic (exact) mass is 280 g/mol. The Morgan fingerprint density at radius 1 is 1.30 bits per heavy atom. The minimum absolute atomic E-state index is 0.0412. The number of rotatable bonds is 7. The van der Waals surface area contributed by atoms with Gasteiger partial charge in [-0.25, -0.2) is 0 Å². The van der Waals surface area contributed by atoms with Crippen LogP contribution in [0.5, 0.6) is 0 Å². The molecule has 1 saturated heterocycles. The molecular weight excluding hydrogens is 248 g/mol.